The second-order valence-corrected chi connectivity index (χ2v) is 7.47. The second-order valence-electron chi connectivity index (χ2n) is 7.47. The fourth-order valence-corrected chi connectivity index (χ4v) is 4.42. The van der Waals surface area contributed by atoms with E-state index in [1.807, 2.05) is 47.4 Å². The van der Waals surface area contributed by atoms with Crippen molar-refractivity contribution < 1.29 is 19.5 Å². The number of hydrogen-bond acceptors (Lipinski definition) is 6. The van der Waals surface area contributed by atoms with E-state index >= 15 is 0 Å². The number of imide groups is 2. The van der Waals surface area contributed by atoms with Gasteiger partial charge in [0, 0.05) is 32.2 Å². The number of nitrogens with one attached hydrogen (secondary N) is 3. The Bertz CT molecular complexity index is 923. The van der Waals surface area contributed by atoms with Crippen LogP contribution in [0.1, 0.15) is 5.56 Å². The number of aliphatic hydroxyl groups excluding tert-OH is 1. The zero-order chi connectivity index (χ0) is 21.1. The summed E-state index contributed by atoms with van der Waals surface area (Å²) in [5.74, 6) is -1.30. The zero-order valence-electron chi connectivity index (χ0n) is 16.4. The van der Waals surface area contributed by atoms with Crippen LogP contribution in [-0.4, -0.2) is 66.7 Å². The molecule has 8 nitrogen and oxygen atoms in total. The summed E-state index contributed by atoms with van der Waals surface area (Å²) in [4.78, 5) is 40.2. The van der Waals surface area contributed by atoms with Crippen molar-refractivity contribution in [2.24, 2.45) is 0 Å². The zero-order valence-corrected chi connectivity index (χ0v) is 16.4. The normalized spacial score (nSPS) is 21.8. The smallest absolute Gasteiger partial charge is 0.328 e. The van der Waals surface area contributed by atoms with Crippen LogP contribution in [0.15, 0.2) is 54.6 Å². The number of nitrogens with zero attached hydrogens (tertiary/aromatic N) is 1. The SMILES string of the molecule is O=C1NC(=O)C(c2ccc(-c3ccccc3)cc2)(C2CNCCN2CCO)C(=O)N1. The summed E-state index contributed by atoms with van der Waals surface area (Å²) in [6.45, 7) is 1.85. The summed E-state index contributed by atoms with van der Waals surface area (Å²) in [6.07, 6.45) is 0. The van der Waals surface area contributed by atoms with Crippen LogP contribution in [-0.2, 0) is 15.0 Å². The number of carbonyl (C=O) groups is 3. The Labute approximate surface area is 174 Å². The fourth-order valence-electron chi connectivity index (χ4n) is 4.42. The molecule has 0 radical (unpaired) electrons. The third kappa shape index (κ3) is 3.39. The Balaban J connectivity index is 1.81. The van der Waals surface area contributed by atoms with Crippen LogP contribution >= 0.6 is 0 Å². The highest BCUT2D eigenvalue weighted by atomic mass is 16.3. The summed E-state index contributed by atoms with van der Waals surface area (Å²) in [5.41, 5.74) is 0.857. The number of urea groups is 1. The van der Waals surface area contributed by atoms with E-state index < -0.39 is 29.3 Å². The number of hydrogen-bond donors (Lipinski definition) is 4. The Hall–Kier alpha value is -3.07. The van der Waals surface area contributed by atoms with Gasteiger partial charge in [-0.15, -0.1) is 0 Å². The highest BCUT2D eigenvalue weighted by Gasteiger charge is 2.58. The van der Waals surface area contributed by atoms with Crippen molar-refractivity contribution in [3.05, 3.63) is 60.2 Å². The Kier molecular flexibility index (Phi) is 5.63. The number of aliphatic hydroxyl groups is 1. The summed E-state index contributed by atoms with van der Waals surface area (Å²) >= 11 is 0. The van der Waals surface area contributed by atoms with Gasteiger partial charge in [0.2, 0.25) is 11.8 Å². The largest absolute Gasteiger partial charge is 0.395 e. The maximum absolute atomic E-state index is 13.2. The molecule has 2 aliphatic rings. The molecule has 0 spiro atoms. The Morgan fingerprint density at radius 1 is 0.933 bits per heavy atom. The van der Waals surface area contributed by atoms with Crippen molar-refractivity contribution in [3.8, 4) is 11.1 Å². The predicted molar refractivity (Wildman–Crippen MR) is 111 cm³/mol. The van der Waals surface area contributed by atoms with E-state index in [0.717, 1.165) is 11.1 Å². The lowest BCUT2D eigenvalue weighted by Gasteiger charge is -2.47. The molecule has 156 valence electrons. The predicted octanol–water partition coefficient (Wildman–Crippen LogP) is 0.223. The summed E-state index contributed by atoms with van der Waals surface area (Å²) in [6, 6.07) is 15.7. The highest BCUT2D eigenvalue weighted by molar-refractivity contribution is 6.23. The summed E-state index contributed by atoms with van der Waals surface area (Å²) in [5, 5.41) is 17.3. The fraction of sp³-hybridized carbons (Fsp3) is 0.318. The molecular weight excluding hydrogens is 384 g/mol. The molecule has 0 saturated carbocycles. The van der Waals surface area contributed by atoms with Crippen LogP contribution in [0, 0.1) is 0 Å². The molecular formula is C22H24N4O4. The molecule has 1 unspecified atom stereocenters. The summed E-state index contributed by atoms with van der Waals surface area (Å²) < 4.78 is 0. The van der Waals surface area contributed by atoms with Crippen LogP contribution < -0.4 is 16.0 Å². The molecule has 2 aromatic carbocycles. The maximum Gasteiger partial charge on any atom is 0.328 e. The molecule has 1 atom stereocenters. The highest BCUT2D eigenvalue weighted by Crippen LogP contribution is 2.35. The molecule has 2 fully saturated rings. The van der Waals surface area contributed by atoms with Gasteiger partial charge >= 0.3 is 6.03 Å². The van der Waals surface area contributed by atoms with Crippen molar-refractivity contribution in [1.82, 2.24) is 20.9 Å². The molecule has 30 heavy (non-hydrogen) atoms. The molecule has 8 heteroatoms. The van der Waals surface area contributed by atoms with Gasteiger partial charge in [0.05, 0.1) is 6.61 Å². The number of barbiturate groups is 1. The van der Waals surface area contributed by atoms with E-state index in [0.29, 0.717) is 31.7 Å². The van der Waals surface area contributed by atoms with Gasteiger partial charge in [-0.2, -0.15) is 0 Å². The van der Waals surface area contributed by atoms with E-state index in [1.165, 1.54) is 0 Å². The molecule has 0 aliphatic carbocycles. The van der Waals surface area contributed by atoms with E-state index in [4.69, 9.17) is 0 Å². The van der Waals surface area contributed by atoms with Crippen molar-refractivity contribution in [2.45, 2.75) is 11.5 Å². The standard InChI is InChI=1S/C22H24N4O4/c27-13-12-26-11-10-23-14-18(26)22(19(28)24-21(30)25-20(22)29)17-8-6-16(7-9-17)15-4-2-1-3-5-15/h1-9,18,23,27H,10-14H2,(H2,24,25,28,29,30). The van der Waals surface area contributed by atoms with Crippen LogP contribution in [0.2, 0.25) is 0 Å². The topological polar surface area (TPSA) is 111 Å². The van der Waals surface area contributed by atoms with Gasteiger partial charge in [0.15, 0.2) is 5.41 Å². The number of amides is 4. The first-order valence-electron chi connectivity index (χ1n) is 9.96. The lowest BCUT2D eigenvalue weighted by molar-refractivity contribution is -0.143. The molecule has 0 bridgehead atoms. The Morgan fingerprint density at radius 3 is 2.20 bits per heavy atom. The van der Waals surface area contributed by atoms with Gasteiger partial charge in [0.1, 0.15) is 0 Å². The third-order valence-electron chi connectivity index (χ3n) is 5.86. The van der Waals surface area contributed by atoms with Crippen LogP contribution in [0.25, 0.3) is 11.1 Å². The van der Waals surface area contributed by atoms with Gasteiger partial charge in [0.25, 0.3) is 0 Å². The monoisotopic (exact) mass is 408 g/mol. The van der Waals surface area contributed by atoms with Gasteiger partial charge in [-0.1, -0.05) is 54.6 Å². The van der Waals surface area contributed by atoms with Crippen molar-refractivity contribution >= 4 is 17.8 Å². The molecule has 2 heterocycles. The first-order chi connectivity index (χ1) is 14.6. The first-order valence-corrected chi connectivity index (χ1v) is 9.96. The maximum atomic E-state index is 13.2. The van der Waals surface area contributed by atoms with E-state index in [2.05, 4.69) is 16.0 Å². The molecule has 2 aromatic rings. The minimum Gasteiger partial charge on any atom is -0.395 e. The first kappa shape index (κ1) is 20.2. The average molecular weight is 408 g/mol. The molecule has 4 amide bonds. The number of piperazine rings is 1. The van der Waals surface area contributed by atoms with Crippen molar-refractivity contribution in [3.63, 3.8) is 0 Å². The lowest BCUT2D eigenvalue weighted by Crippen LogP contribution is -2.74. The Morgan fingerprint density at radius 2 is 1.57 bits per heavy atom. The van der Waals surface area contributed by atoms with Crippen LogP contribution in [0.3, 0.4) is 0 Å². The van der Waals surface area contributed by atoms with Gasteiger partial charge < -0.3 is 10.4 Å². The van der Waals surface area contributed by atoms with E-state index in [-0.39, 0.29) is 6.61 Å². The number of rotatable bonds is 5. The van der Waals surface area contributed by atoms with E-state index in [9.17, 15) is 19.5 Å². The molecule has 2 aliphatic heterocycles. The second kappa shape index (κ2) is 8.35. The third-order valence-corrected chi connectivity index (χ3v) is 5.86. The van der Waals surface area contributed by atoms with E-state index in [1.54, 1.807) is 12.1 Å². The number of benzene rings is 2. The lowest BCUT2D eigenvalue weighted by atomic mass is 9.70. The minimum absolute atomic E-state index is 0.0955. The molecule has 4 rings (SSSR count). The molecule has 0 aromatic heterocycles. The average Bonchev–Trinajstić information content (AvgIpc) is 2.76. The van der Waals surface area contributed by atoms with Crippen molar-refractivity contribution in [2.75, 3.05) is 32.8 Å². The minimum atomic E-state index is -1.62. The summed E-state index contributed by atoms with van der Waals surface area (Å²) in [7, 11) is 0. The van der Waals surface area contributed by atoms with Gasteiger partial charge in [-0.25, -0.2) is 4.79 Å². The van der Waals surface area contributed by atoms with Gasteiger partial charge in [-0.05, 0) is 16.7 Å². The van der Waals surface area contributed by atoms with Crippen LogP contribution in [0.5, 0.6) is 0 Å². The quantitative estimate of drug-likeness (QED) is 0.527. The van der Waals surface area contributed by atoms with Crippen molar-refractivity contribution in [1.29, 1.82) is 0 Å². The van der Waals surface area contributed by atoms with Gasteiger partial charge in [-0.3, -0.25) is 25.1 Å². The van der Waals surface area contributed by atoms with Crippen LogP contribution in [0.4, 0.5) is 4.79 Å². The number of carbonyl (C=O) groups excluding carboxylic acids is 3. The number of β-amino-alcohol motifs (C(OH)–C–C–N with tert-alkyl or cyclic N) is 1. The molecule has 4 N–H and O–H groups in total. The molecule has 2 saturated heterocycles.